The Morgan fingerprint density at radius 1 is 1.24 bits per heavy atom. The van der Waals surface area contributed by atoms with Crippen LogP contribution in [-0.4, -0.2) is 23.0 Å². The van der Waals surface area contributed by atoms with Gasteiger partial charge in [-0.2, -0.15) is 0 Å². The summed E-state index contributed by atoms with van der Waals surface area (Å²) in [6.07, 6.45) is 2.03. The van der Waals surface area contributed by atoms with Crippen LogP contribution in [0.15, 0.2) is 34.9 Å². The van der Waals surface area contributed by atoms with E-state index in [9.17, 15) is 9.59 Å². The summed E-state index contributed by atoms with van der Waals surface area (Å²) in [7, 11) is 0. The second-order valence-corrected chi connectivity index (χ2v) is 6.85. The van der Waals surface area contributed by atoms with Crippen molar-refractivity contribution in [3.63, 3.8) is 0 Å². The molecular weight excluding hydrogens is 342 g/mol. The van der Waals surface area contributed by atoms with E-state index in [1.165, 1.54) is 0 Å². The van der Waals surface area contributed by atoms with E-state index >= 15 is 0 Å². The summed E-state index contributed by atoms with van der Waals surface area (Å²) in [5.74, 6) is 0.496. The molecule has 6 nitrogen and oxygen atoms in total. The third-order valence-electron chi connectivity index (χ3n) is 4.24. The molecule has 0 spiro atoms. The highest BCUT2D eigenvalue weighted by Gasteiger charge is 2.38. The molecule has 132 valence electrons. The summed E-state index contributed by atoms with van der Waals surface area (Å²) >= 11 is 5.93. The summed E-state index contributed by atoms with van der Waals surface area (Å²) in [5.41, 5.74) is 0.920. The van der Waals surface area contributed by atoms with Crippen LogP contribution in [0.2, 0.25) is 5.02 Å². The van der Waals surface area contributed by atoms with Crippen LogP contribution in [0.1, 0.15) is 37.0 Å². The second-order valence-electron chi connectivity index (χ2n) is 6.41. The number of hydrogen-bond acceptors (Lipinski definition) is 4. The maximum absolute atomic E-state index is 12.7. The predicted octanol–water partition coefficient (Wildman–Crippen LogP) is 3.27. The zero-order valence-electron chi connectivity index (χ0n) is 14.1. The molecule has 1 fully saturated rings. The van der Waals surface area contributed by atoms with E-state index in [-0.39, 0.29) is 17.7 Å². The Morgan fingerprint density at radius 2 is 1.92 bits per heavy atom. The van der Waals surface area contributed by atoms with Gasteiger partial charge in [-0.1, -0.05) is 28.9 Å². The first-order valence-electron chi connectivity index (χ1n) is 8.24. The van der Waals surface area contributed by atoms with Crippen LogP contribution in [0.3, 0.4) is 0 Å². The molecule has 1 saturated carbocycles. The standard InChI is InChI=1S/C18H20ClN3O3/c1-10-9-15(22-25-10)21-17(23)11(2)20-18(24)16(12-3-4-12)13-5-7-14(19)8-6-13/h5-9,11-12,16H,3-4H2,1-2H3,(H,20,24)(H,21,22,23)/t11-,16?/m1/s1. The van der Waals surface area contributed by atoms with Crippen LogP contribution in [0.25, 0.3) is 0 Å². The average Bonchev–Trinajstić information content (AvgIpc) is 3.31. The SMILES string of the molecule is Cc1cc(NC(=O)[C@@H](C)NC(=O)C(c2ccc(Cl)cc2)C2CC2)no1. The van der Waals surface area contributed by atoms with Gasteiger partial charge in [0.15, 0.2) is 5.82 Å². The molecule has 1 aliphatic carbocycles. The number of nitrogens with one attached hydrogen (secondary N) is 2. The fourth-order valence-corrected chi connectivity index (χ4v) is 2.89. The number of aryl methyl sites for hydroxylation is 1. The van der Waals surface area contributed by atoms with Gasteiger partial charge in [0.2, 0.25) is 11.8 Å². The second kappa shape index (κ2) is 7.27. The van der Waals surface area contributed by atoms with E-state index in [4.69, 9.17) is 16.1 Å². The molecule has 25 heavy (non-hydrogen) atoms. The lowest BCUT2D eigenvalue weighted by atomic mass is 9.93. The molecule has 0 radical (unpaired) electrons. The Labute approximate surface area is 150 Å². The number of benzene rings is 1. The molecule has 2 N–H and O–H groups in total. The van der Waals surface area contributed by atoms with Gasteiger partial charge in [-0.3, -0.25) is 9.59 Å². The maximum Gasteiger partial charge on any atom is 0.247 e. The van der Waals surface area contributed by atoms with Gasteiger partial charge in [0.25, 0.3) is 0 Å². The summed E-state index contributed by atoms with van der Waals surface area (Å²) in [6, 6.07) is 8.23. The first-order valence-corrected chi connectivity index (χ1v) is 8.62. The van der Waals surface area contributed by atoms with Gasteiger partial charge in [0.1, 0.15) is 11.8 Å². The van der Waals surface area contributed by atoms with Gasteiger partial charge in [-0.05, 0) is 50.3 Å². The van der Waals surface area contributed by atoms with Crippen molar-refractivity contribution in [1.29, 1.82) is 0 Å². The minimum atomic E-state index is -0.682. The van der Waals surface area contributed by atoms with Gasteiger partial charge >= 0.3 is 0 Å². The van der Waals surface area contributed by atoms with Crippen LogP contribution in [0.4, 0.5) is 5.82 Å². The largest absolute Gasteiger partial charge is 0.360 e. The number of aromatic nitrogens is 1. The van der Waals surface area contributed by atoms with Gasteiger partial charge in [0.05, 0.1) is 5.92 Å². The van der Waals surface area contributed by atoms with Crippen LogP contribution in [0, 0.1) is 12.8 Å². The molecule has 0 bridgehead atoms. The molecule has 1 aromatic heterocycles. The Morgan fingerprint density at radius 3 is 2.48 bits per heavy atom. The van der Waals surface area contributed by atoms with Gasteiger partial charge in [0, 0.05) is 11.1 Å². The Kier molecular flexibility index (Phi) is 5.08. The maximum atomic E-state index is 12.7. The minimum Gasteiger partial charge on any atom is -0.360 e. The molecule has 1 aromatic carbocycles. The molecule has 2 aromatic rings. The molecule has 2 amide bonds. The highest BCUT2D eigenvalue weighted by molar-refractivity contribution is 6.30. The van der Waals surface area contributed by atoms with Gasteiger partial charge in [-0.25, -0.2) is 0 Å². The van der Waals surface area contributed by atoms with E-state index in [0.29, 0.717) is 22.5 Å². The number of halogens is 1. The predicted molar refractivity (Wildman–Crippen MR) is 94.4 cm³/mol. The Hall–Kier alpha value is -2.34. The normalized spacial score (nSPS) is 16.1. The van der Waals surface area contributed by atoms with E-state index in [0.717, 1.165) is 18.4 Å². The molecule has 3 rings (SSSR count). The number of hydrogen-bond donors (Lipinski definition) is 2. The van der Waals surface area contributed by atoms with Crippen molar-refractivity contribution >= 4 is 29.2 Å². The zero-order valence-corrected chi connectivity index (χ0v) is 14.8. The van der Waals surface area contributed by atoms with Crippen molar-refractivity contribution in [3.8, 4) is 0 Å². The topological polar surface area (TPSA) is 84.2 Å². The monoisotopic (exact) mass is 361 g/mol. The van der Waals surface area contributed by atoms with Crippen molar-refractivity contribution in [1.82, 2.24) is 10.5 Å². The fourth-order valence-electron chi connectivity index (χ4n) is 2.77. The lowest BCUT2D eigenvalue weighted by molar-refractivity contribution is -0.127. The molecule has 1 heterocycles. The van der Waals surface area contributed by atoms with Crippen LogP contribution >= 0.6 is 11.6 Å². The quantitative estimate of drug-likeness (QED) is 0.827. The number of carbonyl (C=O) groups excluding carboxylic acids is 2. The highest BCUT2D eigenvalue weighted by Crippen LogP contribution is 2.43. The minimum absolute atomic E-state index is 0.149. The summed E-state index contributed by atoms with van der Waals surface area (Å²) in [4.78, 5) is 24.9. The van der Waals surface area contributed by atoms with E-state index in [1.807, 2.05) is 12.1 Å². The zero-order chi connectivity index (χ0) is 18.0. The average molecular weight is 362 g/mol. The molecule has 7 heteroatoms. The lowest BCUT2D eigenvalue weighted by Gasteiger charge is -2.20. The highest BCUT2D eigenvalue weighted by atomic mass is 35.5. The third kappa shape index (κ3) is 4.39. The Bertz CT molecular complexity index is 768. The number of rotatable bonds is 6. The molecule has 0 aliphatic heterocycles. The van der Waals surface area contributed by atoms with Crippen molar-refractivity contribution in [2.45, 2.75) is 38.6 Å². The van der Waals surface area contributed by atoms with Crippen LogP contribution in [0.5, 0.6) is 0 Å². The van der Waals surface area contributed by atoms with Crippen LogP contribution < -0.4 is 10.6 Å². The van der Waals surface area contributed by atoms with Gasteiger partial charge in [-0.15, -0.1) is 0 Å². The smallest absolute Gasteiger partial charge is 0.247 e. The van der Waals surface area contributed by atoms with E-state index in [2.05, 4.69) is 15.8 Å². The number of anilines is 1. The van der Waals surface area contributed by atoms with Crippen molar-refractivity contribution < 1.29 is 14.1 Å². The van der Waals surface area contributed by atoms with Crippen molar-refractivity contribution in [2.75, 3.05) is 5.32 Å². The summed E-state index contributed by atoms with van der Waals surface area (Å²) < 4.78 is 4.91. The first kappa shape index (κ1) is 17.5. The van der Waals surface area contributed by atoms with E-state index < -0.39 is 6.04 Å². The van der Waals surface area contributed by atoms with Gasteiger partial charge < -0.3 is 15.2 Å². The Balaban J connectivity index is 1.64. The number of carbonyl (C=O) groups is 2. The molecule has 1 aliphatic rings. The van der Waals surface area contributed by atoms with E-state index in [1.54, 1.807) is 32.0 Å². The molecule has 1 unspecified atom stereocenters. The number of nitrogens with zero attached hydrogens (tertiary/aromatic N) is 1. The molecule has 2 atom stereocenters. The fraction of sp³-hybridized carbons (Fsp3) is 0.389. The van der Waals surface area contributed by atoms with Crippen molar-refractivity contribution in [3.05, 3.63) is 46.7 Å². The third-order valence-corrected chi connectivity index (χ3v) is 4.49. The van der Waals surface area contributed by atoms with Crippen LogP contribution in [-0.2, 0) is 9.59 Å². The molecule has 0 saturated heterocycles. The lowest BCUT2D eigenvalue weighted by Crippen LogP contribution is -2.44. The van der Waals surface area contributed by atoms with Crippen molar-refractivity contribution in [2.24, 2.45) is 5.92 Å². The molecular formula is C18H20ClN3O3. The first-order chi connectivity index (χ1) is 11.9. The number of amides is 2. The summed E-state index contributed by atoms with van der Waals surface area (Å²) in [6.45, 7) is 3.38. The summed E-state index contributed by atoms with van der Waals surface area (Å²) in [5, 5.41) is 9.77.